The number of pyridine rings is 1. The Labute approximate surface area is 278 Å². The Morgan fingerprint density at radius 1 is 1.21 bits per heavy atom. The Hall–Kier alpha value is -3.98. The van der Waals surface area contributed by atoms with E-state index in [4.69, 9.17) is 9.47 Å². The highest BCUT2D eigenvalue weighted by molar-refractivity contribution is 7.91. The molecule has 3 heterocycles. The van der Waals surface area contributed by atoms with Crippen molar-refractivity contribution in [3.05, 3.63) is 47.7 Å². The van der Waals surface area contributed by atoms with Gasteiger partial charge in [0.1, 0.15) is 17.6 Å². The maximum Gasteiger partial charge on any atom is 0.407 e. The Morgan fingerprint density at radius 2 is 1.96 bits per heavy atom. The summed E-state index contributed by atoms with van der Waals surface area (Å²) in [5.41, 5.74) is -0.555. The fraction of sp³-hybridized carbons (Fsp3) is 0.531. The molecule has 1 saturated heterocycles. The van der Waals surface area contributed by atoms with Crippen LogP contribution in [0.1, 0.15) is 46.5 Å². The standard InChI is InChI=1S/C32H41N5O8S2/c1-6-21-15-32(21,29(40)36-47(42,43)22-10-11-22)35-27(38)24-14-19(16-37(24)28(39)26(31(2,3)4)34-30(41)44-5)17-45-25-9-7-8-23(33-25)20-12-13-46-18-20/h6-9,12-13,18-19,21-22,24,26H,1,10-11,14-17H2,2-5H3,(H,34,41)(H,35,38)(H,36,40). The number of nitrogens with zero attached hydrogens (tertiary/aromatic N) is 2. The smallest absolute Gasteiger partial charge is 0.407 e. The minimum absolute atomic E-state index is 0.122. The monoisotopic (exact) mass is 687 g/mol. The Morgan fingerprint density at radius 3 is 2.55 bits per heavy atom. The van der Waals surface area contributed by atoms with Crippen molar-refractivity contribution < 1.29 is 37.1 Å². The van der Waals surface area contributed by atoms with Gasteiger partial charge >= 0.3 is 6.09 Å². The lowest BCUT2D eigenvalue weighted by Gasteiger charge is -2.35. The van der Waals surface area contributed by atoms with Crippen LogP contribution >= 0.6 is 11.3 Å². The number of alkyl carbamates (subject to hydrolysis) is 1. The highest BCUT2D eigenvalue weighted by Crippen LogP contribution is 2.45. The number of amides is 4. The average molecular weight is 688 g/mol. The number of nitrogens with one attached hydrogen (secondary N) is 3. The molecule has 47 heavy (non-hydrogen) atoms. The molecule has 0 aromatic carbocycles. The Bertz CT molecular complexity index is 1640. The lowest BCUT2D eigenvalue weighted by molar-refractivity contribution is -0.142. The zero-order valence-electron chi connectivity index (χ0n) is 26.9. The summed E-state index contributed by atoms with van der Waals surface area (Å²) in [5, 5.41) is 8.70. The number of rotatable bonds is 12. The van der Waals surface area contributed by atoms with Gasteiger partial charge in [-0.2, -0.15) is 11.3 Å². The van der Waals surface area contributed by atoms with Crippen molar-refractivity contribution in [1.29, 1.82) is 0 Å². The number of carbonyl (C=O) groups is 4. The normalized spacial score (nSPS) is 24.5. The van der Waals surface area contributed by atoms with Crippen LogP contribution < -0.4 is 20.1 Å². The number of hydrogen-bond acceptors (Lipinski definition) is 10. The second-order valence-corrected chi connectivity index (χ2v) is 16.2. The first-order valence-corrected chi connectivity index (χ1v) is 18.0. The van der Waals surface area contributed by atoms with E-state index in [1.54, 1.807) is 38.2 Å². The number of ether oxygens (including phenoxy) is 2. The zero-order valence-corrected chi connectivity index (χ0v) is 28.5. The van der Waals surface area contributed by atoms with Crippen molar-refractivity contribution >= 4 is 45.2 Å². The topological polar surface area (TPSA) is 173 Å². The number of aromatic nitrogens is 1. The molecule has 2 saturated carbocycles. The zero-order chi connectivity index (χ0) is 34.1. The molecule has 1 aliphatic heterocycles. The van der Waals surface area contributed by atoms with E-state index in [9.17, 15) is 27.6 Å². The summed E-state index contributed by atoms with van der Waals surface area (Å²) in [6.45, 7) is 9.34. The lowest BCUT2D eigenvalue weighted by Crippen LogP contribution is -2.60. The number of hydrogen-bond donors (Lipinski definition) is 3. The third kappa shape index (κ3) is 7.61. The van der Waals surface area contributed by atoms with Gasteiger partial charge in [0.15, 0.2) is 0 Å². The lowest BCUT2D eigenvalue weighted by atomic mass is 9.85. The maximum atomic E-state index is 14.1. The van der Waals surface area contributed by atoms with Crippen molar-refractivity contribution in [3.63, 3.8) is 0 Å². The van der Waals surface area contributed by atoms with E-state index >= 15 is 0 Å². The van der Waals surface area contributed by atoms with Gasteiger partial charge in [0, 0.05) is 35.4 Å². The molecule has 3 fully saturated rings. The Balaban J connectivity index is 1.36. The summed E-state index contributed by atoms with van der Waals surface area (Å²) < 4.78 is 38.1. The van der Waals surface area contributed by atoms with Gasteiger partial charge in [-0.1, -0.05) is 32.9 Å². The Kier molecular flexibility index (Phi) is 9.69. The van der Waals surface area contributed by atoms with Crippen LogP contribution in [-0.4, -0.2) is 85.3 Å². The second kappa shape index (κ2) is 13.3. The van der Waals surface area contributed by atoms with Crippen LogP contribution in [0.5, 0.6) is 5.88 Å². The highest BCUT2D eigenvalue weighted by Gasteiger charge is 2.62. The molecule has 0 radical (unpaired) electrons. The van der Waals surface area contributed by atoms with Crippen LogP contribution in [0.3, 0.4) is 0 Å². The van der Waals surface area contributed by atoms with Crippen LogP contribution in [0, 0.1) is 17.3 Å². The van der Waals surface area contributed by atoms with Gasteiger partial charge in [-0.05, 0) is 48.6 Å². The molecule has 2 aromatic rings. The summed E-state index contributed by atoms with van der Waals surface area (Å²) >= 11 is 1.56. The molecular formula is C32H41N5O8S2. The average Bonchev–Trinajstić information content (AvgIpc) is 3.89. The van der Waals surface area contributed by atoms with E-state index in [0.717, 1.165) is 11.3 Å². The first-order chi connectivity index (χ1) is 22.2. The number of carbonyl (C=O) groups excluding carboxylic acids is 4. The number of thiophene rings is 1. The van der Waals surface area contributed by atoms with E-state index < -0.39 is 68.0 Å². The van der Waals surface area contributed by atoms with Crippen molar-refractivity contribution in [1.82, 2.24) is 25.2 Å². The predicted octanol–water partition coefficient (Wildman–Crippen LogP) is 2.85. The fourth-order valence-corrected chi connectivity index (χ4v) is 7.83. The number of likely N-dealkylation sites (tertiary alicyclic amines) is 1. The van der Waals surface area contributed by atoms with Crippen molar-refractivity contribution in [2.75, 3.05) is 20.3 Å². The molecule has 0 spiro atoms. The molecule has 0 bridgehead atoms. The molecule has 13 nitrogen and oxygen atoms in total. The molecule has 15 heteroatoms. The summed E-state index contributed by atoms with van der Waals surface area (Å²) in [5.74, 6) is -2.36. The summed E-state index contributed by atoms with van der Waals surface area (Å²) in [4.78, 5) is 59.6. The third-order valence-corrected chi connectivity index (χ3v) is 11.3. The predicted molar refractivity (Wildman–Crippen MR) is 175 cm³/mol. The molecule has 5 unspecified atom stereocenters. The first kappa shape index (κ1) is 34.4. The molecule has 5 atom stereocenters. The third-order valence-electron chi connectivity index (χ3n) is 8.79. The molecule has 3 N–H and O–H groups in total. The molecule has 5 rings (SSSR count). The van der Waals surface area contributed by atoms with Crippen LogP contribution in [-0.2, 0) is 29.1 Å². The highest BCUT2D eigenvalue weighted by atomic mass is 32.2. The van der Waals surface area contributed by atoms with Gasteiger partial charge in [-0.25, -0.2) is 18.2 Å². The number of methoxy groups -OCH3 is 1. The van der Waals surface area contributed by atoms with E-state index in [2.05, 4.69) is 26.9 Å². The minimum atomic E-state index is -3.87. The second-order valence-electron chi connectivity index (χ2n) is 13.4. The van der Waals surface area contributed by atoms with Crippen LogP contribution in [0.4, 0.5) is 4.79 Å². The van der Waals surface area contributed by atoms with E-state index in [0.29, 0.717) is 18.7 Å². The van der Waals surface area contributed by atoms with Crippen LogP contribution in [0.2, 0.25) is 0 Å². The summed E-state index contributed by atoms with van der Waals surface area (Å²) in [6.07, 6.45) is 2.00. The van der Waals surface area contributed by atoms with Gasteiger partial charge in [0.05, 0.1) is 24.7 Å². The van der Waals surface area contributed by atoms with E-state index in [1.165, 1.54) is 18.1 Å². The van der Waals surface area contributed by atoms with Gasteiger partial charge in [0.2, 0.25) is 27.7 Å². The van der Waals surface area contributed by atoms with Crippen LogP contribution in [0.25, 0.3) is 11.3 Å². The molecule has 3 aliphatic rings. The van der Waals surface area contributed by atoms with E-state index in [1.807, 2.05) is 29.0 Å². The number of sulfonamides is 1. The van der Waals surface area contributed by atoms with Gasteiger partial charge < -0.3 is 25.0 Å². The molecule has 2 aromatic heterocycles. The minimum Gasteiger partial charge on any atom is -0.477 e. The van der Waals surface area contributed by atoms with Crippen molar-refractivity contribution in [3.8, 4) is 17.1 Å². The molecule has 4 amide bonds. The molecule has 254 valence electrons. The fourth-order valence-electron chi connectivity index (χ4n) is 5.82. The molecule has 2 aliphatic carbocycles. The SMILES string of the molecule is C=CC1CC1(NC(=O)C1CC(COc2cccc(-c3ccsc3)n2)CN1C(=O)C(NC(=O)OC)C(C)(C)C)C(=O)NS(=O)(=O)C1CC1. The summed E-state index contributed by atoms with van der Waals surface area (Å²) in [7, 11) is -2.67. The quantitative estimate of drug-likeness (QED) is 0.284. The van der Waals surface area contributed by atoms with Gasteiger partial charge in [-0.15, -0.1) is 6.58 Å². The molecular weight excluding hydrogens is 647 g/mol. The van der Waals surface area contributed by atoms with Crippen molar-refractivity contribution in [2.24, 2.45) is 17.3 Å². The first-order valence-electron chi connectivity index (χ1n) is 15.5. The van der Waals surface area contributed by atoms with E-state index in [-0.39, 0.29) is 31.9 Å². The van der Waals surface area contributed by atoms with Crippen LogP contribution in [0.15, 0.2) is 47.7 Å². The summed E-state index contributed by atoms with van der Waals surface area (Å²) in [6, 6.07) is 5.32. The van der Waals surface area contributed by atoms with Gasteiger partial charge in [-0.3, -0.25) is 19.1 Å². The largest absolute Gasteiger partial charge is 0.477 e. The maximum absolute atomic E-state index is 14.1. The van der Waals surface area contributed by atoms with Crippen molar-refractivity contribution in [2.45, 2.75) is 69.3 Å². The van der Waals surface area contributed by atoms with Gasteiger partial charge in [0.25, 0.3) is 5.91 Å².